The van der Waals surface area contributed by atoms with Crippen LogP contribution in [0.5, 0.6) is 5.75 Å². The summed E-state index contributed by atoms with van der Waals surface area (Å²) in [5.74, 6) is 1.52. The van der Waals surface area contributed by atoms with Gasteiger partial charge in [-0.25, -0.2) is 0 Å². The van der Waals surface area contributed by atoms with Gasteiger partial charge in [0.1, 0.15) is 5.75 Å². The van der Waals surface area contributed by atoms with Crippen molar-refractivity contribution in [2.75, 3.05) is 12.4 Å². The smallest absolute Gasteiger partial charge is 0.128 e. The molecule has 0 bridgehead atoms. The first-order valence-electron chi connectivity index (χ1n) is 7.05. The number of para-hydroxylation sites is 1. The maximum absolute atomic E-state index is 10.5. The fraction of sp³-hybridized carbons (Fsp3) is 0.294. The topological polar surface area (TPSA) is 29.5 Å². The summed E-state index contributed by atoms with van der Waals surface area (Å²) in [4.78, 5) is 1.15. The molecule has 0 saturated carbocycles. The Morgan fingerprint density at radius 2 is 2.10 bits per heavy atom. The van der Waals surface area contributed by atoms with E-state index in [1.807, 2.05) is 24.3 Å². The van der Waals surface area contributed by atoms with E-state index < -0.39 is 6.10 Å². The Morgan fingerprint density at radius 3 is 2.95 bits per heavy atom. The minimum atomic E-state index is -0.512. The molecule has 0 amide bonds. The molecule has 21 heavy (non-hydrogen) atoms. The second-order valence-corrected chi connectivity index (χ2v) is 7.08. The average Bonchev–Trinajstić information content (AvgIpc) is 2.52. The van der Waals surface area contributed by atoms with Gasteiger partial charge in [-0.15, -0.1) is 11.8 Å². The van der Waals surface area contributed by atoms with Crippen LogP contribution in [0.1, 0.15) is 23.7 Å². The van der Waals surface area contributed by atoms with Gasteiger partial charge in [0, 0.05) is 20.7 Å². The van der Waals surface area contributed by atoms with Gasteiger partial charge in [-0.1, -0.05) is 40.2 Å². The van der Waals surface area contributed by atoms with Crippen molar-refractivity contribution >= 4 is 27.7 Å². The number of ether oxygens (including phenoxy) is 1. The van der Waals surface area contributed by atoms with E-state index in [1.54, 1.807) is 11.8 Å². The predicted molar refractivity (Wildman–Crippen MR) is 90.1 cm³/mol. The number of aliphatic hydroxyl groups is 1. The van der Waals surface area contributed by atoms with Crippen molar-refractivity contribution in [1.82, 2.24) is 0 Å². The van der Waals surface area contributed by atoms with Gasteiger partial charge in [-0.3, -0.25) is 0 Å². The van der Waals surface area contributed by atoms with E-state index >= 15 is 0 Å². The van der Waals surface area contributed by atoms with E-state index in [4.69, 9.17) is 4.74 Å². The Labute approximate surface area is 137 Å². The molecule has 0 fully saturated rings. The summed E-state index contributed by atoms with van der Waals surface area (Å²) in [6, 6.07) is 14.2. The summed E-state index contributed by atoms with van der Waals surface area (Å²) < 4.78 is 6.83. The first-order chi connectivity index (χ1) is 10.2. The van der Waals surface area contributed by atoms with E-state index in [1.165, 1.54) is 5.56 Å². The van der Waals surface area contributed by atoms with Gasteiger partial charge in [-0.05, 0) is 36.6 Å². The SMILES string of the molecule is OC(CSc1cccc(Br)c1)c1cccc2c1OCCC2. The van der Waals surface area contributed by atoms with E-state index in [-0.39, 0.29) is 0 Å². The van der Waals surface area contributed by atoms with Crippen molar-refractivity contribution in [2.45, 2.75) is 23.8 Å². The standard InChI is InChI=1S/C17H17BrO2S/c18-13-6-2-7-14(10-13)21-11-16(19)15-8-1-4-12-5-3-9-20-17(12)15/h1-2,4,6-8,10,16,19H,3,5,9,11H2. The molecular weight excluding hydrogens is 348 g/mol. The molecular formula is C17H17BrO2S. The highest BCUT2D eigenvalue weighted by Gasteiger charge is 2.19. The van der Waals surface area contributed by atoms with Crippen LogP contribution in [0.4, 0.5) is 0 Å². The molecule has 1 aliphatic rings. The summed E-state index contributed by atoms with van der Waals surface area (Å²) in [6.45, 7) is 0.746. The molecule has 2 aromatic rings. The zero-order valence-corrected chi connectivity index (χ0v) is 14.0. The largest absolute Gasteiger partial charge is 0.493 e. The van der Waals surface area contributed by atoms with Gasteiger partial charge in [-0.2, -0.15) is 0 Å². The average molecular weight is 365 g/mol. The summed E-state index contributed by atoms with van der Waals surface area (Å²) in [7, 11) is 0. The van der Waals surface area contributed by atoms with E-state index in [0.717, 1.165) is 40.1 Å². The molecule has 0 aliphatic carbocycles. The Hall–Kier alpha value is -0.970. The molecule has 3 rings (SSSR count). The molecule has 1 atom stereocenters. The lowest BCUT2D eigenvalue weighted by atomic mass is 10.00. The zero-order chi connectivity index (χ0) is 14.7. The molecule has 1 unspecified atom stereocenters. The monoisotopic (exact) mass is 364 g/mol. The number of hydrogen-bond acceptors (Lipinski definition) is 3. The number of thioether (sulfide) groups is 1. The van der Waals surface area contributed by atoms with Crippen molar-refractivity contribution in [3.8, 4) is 5.75 Å². The van der Waals surface area contributed by atoms with Crippen LogP contribution >= 0.6 is 27.7 Å². The number of halogens is 1. The Bertz CT molecular complexity index is 630. The van der Waals surface area contributed by atoms with Gasteiger partial charge in [0.05, 0.1) is 12.7 Å². The van der Waals surface area contributed by atoms with E-state index in [2.05, 4.69) is 34.1 Å². The van der Waals surface area contributed by atoms with Crippen LogP contribution in [0.15, 0.2) is 51.8 Å². The lowest BCUT2D eigenvalue weighted by Gasteiger charge is -2.22. The molecule has 2 nitrogen and oxygen atoms in total. The van der Waals surface area contributed by atoms with Crippen LogP contribution in [0.3, 0.4) is 0 Å². The predicted octanol–water partition coefficient (Wildman–Crippen LogP) is 4.60. The van der Waals surface area contributed by atoms with Gasteiger partial charge in [0.2, 0.25) is 0 Å². The number of fused-ring (bicyclic) bond motifs is 1. The van der Waals surface area contributed by atoms with Crippen LogP contribution in [0.2, 0.25) is 0 Å². The van der Waals surface area contributed by atoms with Gasteiger partial charge < -0.3 is 9.84 Å². The summed E-state index contributed by atoms with van der Waals surface area (Å²) in [6.07, 6.45) is 1.58. The third-order valence-electron chi connectivity index (χ3n) is 3.53. The third kappa shape index (κ3) is 3.62. The molecule has 2 aromatic carbocycles. The molecule has 4 heteroatoms. The molecule has 1 aliphatic heterocycles. The lowest BCUT2D eigenvalue weighted by Crippen LogP contribution is -2.13. The highest BCUT2D eigenvalue weighted by Crippen LogP contribution is 2.35. The number of rotatable bonds is 4. The van der Waals surface area contributed by atoms with Crippen molar-refractivity contribution in [1.29, 1.82) is 0 Å². The van der Waals surface area contributed by atoms with Crippen LogP contribution in [0.25, 0.3) is 0 Å². The lowest BCUT2D eigenvalue weighted by molar-refractivity contribution is 0.192. The van der Waals surface area contributed by atoms with Gasteiger partial charge >= 0.3 is 0 Å². The second kappa shape index (κ2) is 6.86. The van der Waals surface area contributed by atoms with Crippen molar-refractivity contribution in [3.05, 3.63) is 58.1 Å². The van der Waals surface area contributed by atoms with Crippen LogP contribution in [0, 0.1) is 0 Å². The van der Waals surface area contributed by atoms with Gasteiger partial charge in [0.25, 0.3) is 0 Å². The van der Waals surface area contributed by atoms with E-state index in [0.29, 0.717) is 5.75 Å². The quantitative estimate of drug-likeness (QED) is 0.803. The van der Waals surface area contributed by atoms with Crippen LogP contribution in [-0.2, 0) is 6.42 Å². The maximum atomic E-state index is 10.5. The van der Waals surface area contributed by atoms with Gasteiger partial charge in [0.15, 0.2) is 0 Å². The highest BCUT2D eigenvalue weighted by molar-refractivity contribution is 9.10. The first kappa shape index (κ1) is 14.9. The second-order valence-electron chi connectivity index (χ2n) is 5.07. The summed E-state index contributed by atoms with van der Waals surface area (Å²) >= 11 is 5.12. The van der Waals surface area contributed by atoms with E-state index in [9.17, 15) is 5.11 Å². The number of aliphatic hydroxyl groups excluding tert-OH is 1. The fourth-order valence-electron chi connectivity index (χ4n) is 2.50. The zero-order valence-electron chi connectivity index (χ0n) is 11.6. The fourth-order valence-corrected chi connectivity index (χ4v) is 3.96. The molecule has 0 saturated heterocycles. The molecule has 1 heterocycles. The summed E-state index contributed by atoms with van der Waals surface area (Å²) in [5, 5.41) is 10.5. The number of benzene rings is 2. The first-order valence-corrected chi connectivity index (χ1v) is 8.83. The molecule has 0 aromatic heterocycles. The minimum Gasteiger partial charge on any atom is -0.493 e. The van der Waals surface area contributed by atoms with Crippen LogP contribution < -0.4 is 4.74 Å². The molecule has 110 valence electrons. The summed E-state index contributed by atoms with van der Waals surface area (Å²) in [5.41, 5.74) is 2.12. The molecule has 1 N–H and O–H groups in total. The van der Waals surface area contributed by atoms with Crippen molar-refractivity contribution in [2.24, 2.45) is 0 Å². The Morgan fingerprint density at radius 1 is 1.24 bits per heavy atom. The van der Waals surface area contributed by atoms with Crippen LogP contribution in [-0.4, -0.2) is 17.5 Å². The number of hydrogen-bond donors (Lipinski definition) is 1. The third-order valence-corrected chi connectivity index (χ3v) is 5.09. The molecule has 0 spiro atoms. The Balaban J connectivity index is 1.72. The maximum Gasteiger partial charge on any atom is 0.128 e. The minimum absolute atomic E-state index is 0.512. The molecule has 0 radical (unpaired) electrons. The number of aryl methyl sites for hydroxylation is 1. The normalized spacial score (nSPS) is 15.1. The van der Waals surface area contributed by atoms with Crippen molar-refractivity contribution < 1.29 is 9.84 Å². The van der Waals surface area contributed by atoms with Crippen molar-refractivity contribution in [3.63, 3.8) is 0 Å². The Kier molecular flexibility index (Phi) is 4.88. The highest BCUT2D eigenvalue weighted by atomic mass is 79.9.